The molecule has 2 aromatic carbocycles. The first kappa shape index (κ1) is 19.7. The van der Waals surface area contributed by atoms with E-state index in [9.17, 15) is 9.50 Å². The molecule has 2 heterocycles. The van der Waals surface area contributed by atoms with Crippen LogP contribution < -0.4 is 9.47 Å². The second-order valence-electron chi connectivity index (χ2n) is 7.65. The van der Waals surface area contributed by atoms with E-state index in [2.05, 4.69) is 28.2 Å². The molecule has 0 radical (unpaired) electrons. The summed E-state index contributed by atoms with van der Waals surface area (Å²) >= 11 is 0. The number of likely N-dealkylation sites (tertiary alicyclic amines) is 1. The highest BCUT2D eigenvalue weighted by Crippen LogP contribution is 2.34. The van der Waals surface area contributed by atoms with Crippen molar-refractivity contribution in [1.29, 1.82) is 0 Å². The van der Waals surface area contributed by atoms with Gasteiger partial charge in [-0.05, 0) is 79.9 Å². The van der Waals surface area contributed by atoms with Crippen LogP contribution in [0.15, 0.2) is 48.7 Å². The number of halogens is 1. The minimum absolute atomic E-state index is 0.202. The van der Waals surface area contributed by atoms with E-state index in [1.165, 1.54) is 23.1 Å². The van der Waals surface area contributed by atoms with Crippen molar-refractivity contribution in [3.63, 3.8) is 0 Å². The summed E-state index contributed by atoms with van der Waals surface area (Å²) in [5, 5.41) is 11.5. The number of aromatic amines is 1. The first-order valence-corrected chi connectivity index (χ1v) is 10.1. The molecule has 0 bridgehead atoms. The topological polar surface area (TPSA) is 57.7 Å². The summed E-state index contributed by atoms with van der Waals surface area (Å²) in [5.41, 5.74) is 2.48. The predicted molar refractivity (Wildman–Crippen MR) is 111 cm³/mol. The quantitative estimate of drug-likeness (QED) is 0.633. The minimum Gasteiger partial charge on any atom is -0.497 e. The van der Waals surface area contributed by atoms with Crippen molar-refractivity contribution in [3.8, 4) is 11.5 Å². The van der Waals surface area contributed by atoms with E-state index in [1.54, 1.807) is 19.2 Å². The molecule has 5 nitrogen and oxygen atoms in total. The molecule has 1 aromatic heterocycles. The Morgan fingerprint density at radius 3 is 2.59 bits per heavy atom. The fourth-order valence-electron chi connectivity index (χ4n) is 4.09. The zero-order valence-corrected chi connectivity index (χ0v) is 16.6. The number of H-pyrrole nitrogens is 1. The minimum atomic E-state index is -0.575. The van der Waals surface area contributed by atoms with E-state index < -0.39 is 6.10 Å². The Hall–Kier alpha value is -2.57. The highest BCUT2D eigenvalue weighted by Gasteiger charge is 2.24. The second-order valence-corrected chi connectivity index (χ2v) is 7.65. The Labute approximate surface area is 170 Å². The van der Waals surface area contributed by atoms with Crippen LogP contribution in [0.3, 0.4) is 0 Å². The number of rotatable bonds is 7. The molecule has 6 heteroatoms. The summed E-state index contributed by atoms with van der Waals surface area (Å²) < 4.78 is 23.9. The van der Waals surface area contributed by atoms with Crippen LogP contribution in [0.2, 0.25) is 0 Å². The SMILES string of the molecule is COc1ccc2[nH]cc(C3CCN(C[C@@H](O)COc4ccc(F)cc4)CC3)c2c1. The molecule has 1 fully saturated rings. The van der Waals surface area contributed by atoms with Crippen LogP contribution in [-0.2, 0) is 0 Å². The molecule has 0 amide bonds. The van der Waals surface area contributed by atoms with Gasteiger partial charge in [-0.1, -0.05) is 0 Å². The number of fused-ring (bicyclic) bond motifs is 1. The number of ether oxygens (including phenoxy) is 2. The number of hydrogen-bond acceptors (Lipinski definition) is 4. The standard InChI is InChI=1S/C23H27FN2O3/c1-28-20-6-7-23-21(12-20)22(13-25-23)16-8-10-26(11-9-16)14-18(27)15-29-19-4-2-17(24)3-5-19/h2-7,12-13,16,18,25,27H,8-11,14-15H2,1H3/t18-/m1/s1. The van der Waals surface area contributed by atoms with E-state index in [0.717, 1.165) is 37.2 Å². The Morgan fingerprint density at radius 1 is 1.14 bits per heavy atom. The largest absolute Gasteiger partial charge is 0.497 e. The Kier molecular flexibility index (Phi) is 6.02. The van der Waals surface area contributed by atoms with Gasteiger partial charge in [0.2, 0.25) is 0 Å². The van der Waals surface area contributed by atoms with Gasteiger partial charge in [-0.15, -0.1) is 0 Å². The van der Waals surface area contributed by atoms with E-state index in [0.29, 0.717) is 18.2 Å². The summed E-state index contributed by atoms with van der Waals surface area (Å²) in [6, 6.07) is 12.0. The highest BCUT2D eigenvalue weighted by molar-refractivity contribution is 5.85. The third kappa shape index (κ3) is 4.71. The van der Waals surface area contributed by atoms with Crippen molar-refractivity contribution >= 4 is 10.9 Å². The summed E-state index contributed by atoms with van der Waals surface area (Å²) in [6.07, 6.45) is 3.65. The van der Waals surface area contributed by atoms with Crippen molar-refractivity contribution in [2.45, 2.75) is 24.9 Å². The van der Waals surface area contributed by atoms with Gasteiger partial charge in [0.1, 0.15) is 30.0 Å². The van der Waals surface area contributed by atoms with Crippen LogP contribution >= 0.6 is 0 Å². The fourth-order valence-corrected chi connectivity index (χ4v) is 4.09. The van der Waals surface area contributed by atoms with Gasteiger partial charge in [-0.25, -0.2) is 4.39 Å². The zero-order chi connectivity index (χ0) is 20.2. The molecule has 0 aliphatic carbocycles. The smallest absolute Gasteiger partial charge is 0.123 e. The Balaban J connectivity index is 1.28. The summed E-state index contributed by atoms with van der Waals surface area (Å²) in [6.45, 7) is 2.66. The molecule has 0 unspecified atom stereocenters. The number of aliphatic hydroxyl groups excluding tert-OH is 1. The van der Waals surface area contributed by atoms with Gasteiger partial charge in [0.05, 0.1) is 7.11 Å². The number of aliphatic hydroxyl groups is 1. The summed E-state index contributed by atoms with van der Waals surface area (Å²) in [4.78, 5) is 5.65. The number of piperidine rings is 1. The summed E-state index contributed by atoms with van der Waals surface area (Å²) in [5.74, 6) is 1.65. The molecule has 29 heavy (non-hydrogen) atoms. The maximum Gasteiger partial charge on any atom is 0.123 e. The number of nitrogens with zero attached hydrogens (tertiary/aromatic N) is 1. The van der Waals surface area contributed by atoms with Gasteiger partial charge < -0.3 is 24.5 Å². The van der Waals surface area contributed by atoms with Gasteiger partial charge in [0.15, 0.2) is 0 Å². The van der Waals surface area contributed by atoms with Crippen LogP contribution in [0.4, 0.5) is 4.39 Å². The molecule has 1 aliphatic heterocycles. The van der Waals surface area contributed by atoms with Gasteiger partial charge in [0.25, 0.3) is 0 Å². The number of nitrogens with one attached hydrogen (secondary N) is 1. The molecule has 3 aromatic rings. The third-order valence-electron chi connectivity index (χ3n) is 5.67. The first-order valence-electron chi connectivity index (χ1n) is 10.1. The van der Waals surface area contributed by atoms with E-state index in [-0.39, 0.29) is 12.4 Å². The lowest BCUT2D eigenvalue weighted by Gasteiger charge is -2.33. The average molecular weight is 398 g/mol. The summed E-state index contributed by atoms with van der Waals surface area (Å²) in [7, 11) is 1.69. The Morgan fingerprint density at radius 2 is 1.86 bits per heavy atom. The van der Waals surface area contributed by atoms with E-state index in [1.807, 2.05) is 6.07 Å². The molecule has 154 valence electrons. The lowest BCUT2D eigenvalue weighted by molar-refractivity contribution is 0.0594. The van der Waals surface area contributed by atoms with Crippen LogP contribution in [0, 0.1) is 5.82 Å². The van der Waals surface area contributed by atoms with Gasteiger partial charge in [0, 0.05) is 23.6 Å². The van der Waals surface area contributed by atoms with Crippen LogP contribution in [0.25, 0.3) is 10.9 Å². The highest BCUT2D eigenvalue weighted by atomic mass is 19.1. The Bertz CT molecular complexity index is 933. The maximum absolute atomic E-state index is 12.9. The molecule has 4 rings (SSSR count). The third-order valence-corrected chi connectivity index (χ3v) is 5.67. The molecule has 2 N–H and O–H groups in total. The molecule has 1 saturated heterocycles. The van der Waals surface area contributed by atoms with Crippen molar-refractivity contribution < 1.29 is 19.0 Å². The lowest BCUT2D eigenvalue weighted by atomic mass is 9.89. The number of hydrogen-bond donors (Lipinski definition) is 2. The monoisotopic (exact) mass is 398 g/mol. The van der Waals surface area contributed by atoms with Crippen molar-refractivity contribution in [1.82, 2.24) is 9.88 Å². The molecular formula is C23H27FN2O3. The van der Waals surface area contributed by atoms with Gasteiger partial charge in [-0.3, -0.25) is 0 Å². The maximum atomic E-state index is 12.9. The van der Waals surface area contributed by atoms with Crippen LogP contribution in [0.1, 0.15) is 24.3 Å². The number of methoxy groups -OCH3 is 1. The predicted octanol–water partition coefficient (Wildman–Crippen LogP) is 3.93. The molecule has 0 spiro atoms. The lowest BCUT2D eigenvalue weighted by Crippen LogP contribution is -2.40. The van der Waals surface area contributed by atoms with Crippen LogP contribution in [-0.4, -0.2) is 54.4 Å². The van der Waals surface area contributed by atoms with Crippen molar-refractivity contribution in [2.75, 3.05) is 33.4 Å². The number of aromatic nitrogens is 1. The fraction of sp³-hybridized carbons (Fsp3) is 0.391. The van der Waals surface area contributed by atoms with Crippen LogP contribution in [0.5, 0.6) is 11.5 Å². The first-order chi connectivity index (χ1) is 14.1. The van der Waals surface area contributed by atoms with Crippen molar-refractivity contribution in [2.24, 2.45) is 0 Å². The zero-order valence-electron chi connectivity index (χ0n) is 16.6. The van der Waals surface area contributed by atoms with Gasteiger partial charge >= 0.3 is 0 Å². The van der Waals surface area contributed by atoms with E-state index >= 15 is 0 Å². The normalized spacial score (nSPS) is 16.8. The molecule has 1 aliphatic rings. The molecule has 0 saturated carbocycles. The molecule has 1 atom stereocenters. The number of benzene rings is 2. The second kappa shape index (κ2) is 8.84. The number of β-amino-alcohol motifs (C(OH)–C–C–N with tert-alkyl or cyclic N) is 1. The van der Waals surface area contributed by atoms with Gasteiger partial charge in [-0.2, -0.15) is 0 Å². The van der Waals surface area contributed by atoms with Crippen molar-refractivity contribution in [3.05, 3.63) is 60.0 Å². The van der Waals surface area contributed by atoms with E-state index in [4.69, 9.17) is 9.47 Å². The average Bonchev–Trinajstić information content (AvgIpc) is 3.17. The molecular weight excluding hydrogens is 371 g/mol.